The summed E-state index contributed by atoms with van der Waals surface area (Å²) < 4.78 is 28.0. The minimum absolute atomic E-state index is 0. The molecule has 0 radical (unpaired) electrons. The Balaban J connectivity index is 0.00000341. The van der Waals surface area contributed by atoms with E-state index in [-0.39, 0.29) is 23.8 Å². The fourth-order valence-electron chi connectivity index (χ4n) is 2.87. The van der Waals surface area contributed by atoms with E-state index in [0.29, 0.717) is 29.3 Å². The molecule has 0 spiro atoms. The monoisotopic (exact) mass is 485 g/mol. The lowest BCUT2D eigenvalue weighted by Gasteiger charge is -2.22. The van der Waals surface area contributed by atoms with Crippen LogP contribution in [-0.4, -0.2) is 48.7 Å². The van der Waals surface area contributed by atoms with E-state index in [9.17, 15) is 13.6 Å². The number of amides is 1. The summed E-state index contributed by atoms with van der Waals surface area (Å²) >= 11 is 2.86. The highest BCUT2D eigenvalue weighted by atomic mass is 35.5. The molecule has 9 heteroatoms. The smallest absolute Gasteiger partial charge is 0.228 e. The number of carbonyl (C=O) groups is 1. The molecule has 0 fully saturated rings. The maximum Gasteiger partial charge on any atom is 0.228 e. The maximum atomic E-state index is 14.1. The van der Waals surface area contributed by atoms with Gasteiger partial charge in [0.05, 0.1) is 4.70 Å². The molecule has 31 heavy (non-hydrogen) atoms. The molecule has 1 amide bonds. The molecule has 3 rings (SSSR count). The quantitative estimate of drug-likeness (QED) is 0.284. The highest BCUT2D eigenvalue weighted by Gasteiger charge is 2.21. The molecular weight excluding hydrogens is 460 g/mol. The maximum absolute atomic E-state index is 14.1. The summed E-state index contributed by atoms with van der Waals surface area (Å²) in [4.78, 5) is 22.0. The van der Waals surface area contributed by atoms with Crippen LogP contribution in [0.25, 0.3) is 10.2 Å². The second-order valence-corrected chi connectivity index (χ2v) is 9.52. The highest BCUT2D eigenvalue weighted by molar-refractivity contribution is 7.99. The third-order valence-corrected chi connectivity index (χ3v) is 6.65. The number of carbonyl (C=O) groups excluding carboxylic acids is 1. The lowest BCUT2D eigenvalue weighted by molar-refractivity contribution is -0.118. The molecule has 0 atom stereocenters. The van der Waals surface area contributed by atoms with Crippen LogP contribution in [0.5, 0.6) is 0 Å². The molecule has 0 aliphatic rings. The Hall–Kier alpha value is -1.74. The number of anilines is 1. The van der Waals surface area contributed by atoms with Crippen molar-refractivity contribution in [2.45, 2.75) is 24.7 Å². The molecule has 0 aliphatic carbocycles. The van der Waals surface area contributed by atoms with Gasteiger partial charge < -0.3 is 4.90 Å². The molecular formula is C22H26ClF2N3OS2. The molecule has 1 heterocycles. The summed E-state index contributed by atoms with van der Waals surface area (Å²) in [7, 11) is 3.85. The van der Waals surface area contributed by atoms with Gasteiger partial charge in [-0.1, -0.05) is 29.0 Å². The predicted octanol–water partition coefficient (Wildman–Crippen LogP) is 5.77. The van der Waals surface area contributed by atoms with Gasteiger partial charge in [-0.3, -0.25) is 9.69 Å². The summed E-state index contributed by atoms with van der Waals surface area (Å²) in [6.07, 6.45) is 1.10. The van der Waals surface area contributed by atoms with E-state index in [1.807, 2.05) is 19.0 Å². The number of benzene rings is 2. The number of likely N-dealkylation sites (N-methyl/N-ethyl adjacent to an activating group) is 1. The number of rotatable bonds is 9. The molecule has 0 N–H and O–H groups in total. The van der Waals surface area contributed by atoms with Gasteiger partial charge in [0.2, 0.25) is 5.91 Å². The van der Waals surface area contributed by atoms with Crippen molar-refractivity contribution in [2.75, 3.05) is 37.8 Å². The highest BCUT2D eigenvalue weighted by Crippen LogP contribution is 2.31. The van der Waals surface area contributed by atoms with Gasteiger partial charge in [0.1, 0.15) is 11.3 Å². The Bertz CT molecular complexity index is 1010. The van der Waals surface area contributed by atoms with Crippen LogP contribution in [0.3, 0.4) is 0 Å². The van der Waals surface area contributed by atoms with Crippen molar-refractivity contribution in [3.05, 3.63) is 53.6 Å². The molecule has 0 saturated carbocycles. The van der Waals surface area contributed by atoms with Crippen LogP contribution >= 0.6 is 35.5 Å². The third kappa shape index (κ3) is 7.14. The van der Waals surface area contributed by atoms with Crippen molar-refractivity contribution in [2.24, 2.45) is 0 Å². The number of aryl methyl sites for hydroxylation is 1. The predicted molar refractivity (Wildman–Crippen MR) is 129 cm³/mol. The van der Waals surface area contributed by atoms with Crippen LogP contribution < -0.4 is 4.90 Å². The van der Waals surface area contributed by atoms with Crippen molar-refractivity contribution in [1.82, 2.24) is 9.88 Å². The standard InChI is InChI=1S/C22H25F2N3OS2.ClH/c1-15-6-8-17(9-7-15)29-12-4-5-20(28)27(11-10-26(2)3)22-25-21-18(24)13-16(23)14-19(21)30-22;/h6-9,13-14H,4-5,10-12H2,1-3H3;1H. The SMILES string of the molecule is Cc1ccc(SCCCC(=O)N(CCN(C)C)c2nc3c(F)cc(F)cc3s2)cc1.Cl. The second-order valence-electron chi connectivity index (χ2n) is 7.34. The lowest BCUT2D eigenvalue weighted by atomic mass is 10.2. The van der Waals surface area contributed by atoms with E-state index in [1.165, 1.54) is 16.5 Å². The molecule has 2 aromatic carbocycles. The Morgan fingerprint density at radius 1 is 1.13 bits per heavy atom. The molecule has 3 aromatic rings. The third-order valence-electron chi connectivity index (χ3n) is 4.53. The van der Waals surface area contributed by atoms with Gasteiger partial charge in [-0.2, -0.15) is 0 Å². The zero-order chi connectivity index (χ0) is 21.7. The number of halogens is 3. The zero-order valence-corrected chi connectivity index (χ0v) is 20.2. The van der Waals surface area contributed by atoms with Crippen LogP contribution in [0.2, 0.25) is 0 Å². The van der Waals surface area contributed by atoms with Crippen molar-refractivity contribution in [3.63, 3.8) is 0 Å². The topological polar surface area (TPSA) is 36.4 Å². The van der Waals surface area contributed by atoms with Gasteiger partial charge >= 0.3 is 0 Å². The summed E-state index contributed by atoms with van der Waals surface area (Å²) in [6.45, 7) is 3.15. The van der Waals surface area contributed by atoms with Crippen LogP contribution in [0, 0.1) is 18.6 Å². The van der Waals surface area contributed by atoms with E-state index in [2.05, 4.69) is 36.2 Å². The molecule has 4 nitrogen and oxygen atoms in total. The van der Waals surface area contributed by atoms with Crippen LogP contribution in [0.4, 0.5) is 13.9 Å². The van der Waals surface area contributed by atoms with Gasteiger partial charge in [0, 0.05) is 30.5 Å². The summed E-state index contributed by atoms with van der Waals surface area (Å²) in [5.41, 5.74) is 1.33. The second kappa shape index (κ2) is 11.8. The van der Waals surface area contributed by atoms with Crippen LogP contribution in [-0.2, 0) is 4.79 Å². The van der Waals surface area contributed by atoms with Crippen molar-refractivity contribution in [3.8, 4) is 0 Å². The van der Waals surface area contributed by atoms with Crippen molar-refractivity contribution in [1.29, 1.82) is 0 Å². The van der Waals surface area contributed by atoms with Crippen molar-refractivity contribution < 1.29 is 13.6 Å². The summed E-state index contributed by atoms with van der Waals surface area (Å²) in [5.74, 6) is -0.575. The average Bonchev–Trinajstić information content (AvgIpc) is 3.10. The largest absolute Gasteiger partial charge is 0.308 e. The van der Waals surface area contributed by atoms with Gasteiger partial charge in [-0.25, -0.2) is 13.8 Å². The Morgan fingerprint density at radius 3 is 2.52 bits per heavy atom. The Kier molecular flexibility index (Phi) is 9.68. The number of hydrogen-bond acceptors (Lipinski definition) is 5. The molecule has 0 saturated heterocycles. The Labute approximate surface area is 196 Å². The lowest BCUT2D eigenvalue weighted by Crippen LogP contribution is -2.36. The van der Waals surface area contributed by atoms with E-state index >= 15 is 0 Å². The number of thioether (sulfide) groups is 1. The van der Waals surface area contributed by atoms with Gasteiger partial charge in [-0.05, 0) is 51.4 Å². The van der Waals surface area contributed by atoms with Gasteiger partial charge in [0.15, 0.2) is 10.9 Å². The minimum Gasteiger partial charge on any atom is -0.308 e. The fraction of sp³-hybridized carbons (Fsp3) is 0.364. The van der Waals surface area contributed by atoms with Gasteiger partial charge in [-0.15, -0.1) is 24.2 Å². The zero-order valence-electron chi connectivity index (χ0n) is 17.7. The number of thiazole rings is 1. The first-order valence-corrected chi connectivity index (χ1v) is 11.5. The summed E-state index contributed by atoms with van der Waals surface area (Å²) in [5, 5.41) is 0.410. The molecule has 1 aromatic heterocycles. The first-order valence-electron chi connectivity index (χ1n) is 9.73. The first-order chi connectivity index (χ1) is 14.3. The van der Waals surface area contributed by atoms with Crippen molar-refractivity contribution >= 4 is 56.8 Å². The summed E-state index contributed by atoms with van der Waals surface area (Å²) in [6, 6.07) is 10.4. The van der Waals surface area contributed by atoms with E-state index in [1.54, 1.807) is 16.7 Å². The molecule has 168 valence electrons. The number of aromatic nitrogens is 1. The molecule has 0 bridgehead atoms. The average molecular weight is 486 g/mol. The van der Waals surface area contributed by atoms with E-state index < -0.39 is 11.6 Å². The number of fused-ring (bicyclic) bond motifs is 1. The number of nitrogens with zero attached hydrogens (tertiary/aromatic N) is 3. The molecule has 0 unspecified atom stereocenters. The minimum atomic E-state index is -0.706. The van der Waals surface area contributed by atoms with Crippen LogP contribution in [0.15, 0.2) is 41.3 Å². The van der Waals surface area contributed by atoms with Crippen LogP contribution in [0.1, 0.15) is 18.4 Å². The van der Waals surface area contributed by atoms with E-state index in [4.69, 9.17) is 0 Å². The van der Waals surface area contributed by atoms with E-state index in [0.717, 1.165) is 29.6 Å². The molecule has 0 aliphatic heterocycles. The first kappa shape index (κ1) is 25.5. The Morgan fingerprint density at radius 2 is 1.84 bits per heavy atom. The number of hydrogen-bond donors (Lipinski definition) is 0. The van der Waals surface area contributed by atoms with Gasteiger partial charge in [0.25, 0.3) is 0 Å². The fourth-order valence-corrected chi connectivity index (χ4v) is 4.77. The normalized spacial score (nSPS) is 11.0.